The molecule has 5 aromatic rings. The third-order valence-corrected chi connectivity index (χ3v) is 15.0. The fourth-order valence-electron chi connectivity index (χ4n) is 9.60. The number of piperazine rings is 1. The third kappa shape index (κ3) is 11.7. The number of halogens is 1. The lowest BCUT2D eigenvalue weighted by Gasteiger charge is -2.35. The number of hydrogen-bond acceptors (Lipinski definition) is 13. The van der Waals surface area contributed by atoms with E-state index in [0.29, 0.717) is 24.3 Å². The Morgan fingerprint density at radius 2 is 1.66 bits per heavy atom. The van der Waals surface area contributed by atoms with Gasteiger partial charge in [0, 0.05) is 89.0 Å². The standard InChI is InChI=1S/C53H67FN8O8S/c1-33-46(71-32-57-33)34-11-12-35(27-56-48(64)42-26-37(63)29-62(42)50(66)47(52(2,3)4)58-51(67)53(54)14-15-53)43(23-34)70-22-10-8-9-17-60-18-20-61(21-19-60)31-41-44(68-6)24-36(25-45(41)69-7)40-30-59(5)49(65)39-28-55-16-13-38(39)40/h11-13,16,23-25,28,30,32,37,42,47,63H,8-10,14-15,17-22,26-27,29,31H2,1-7H3,(H,56,64)(H,58,67)/t37-,42-,47+/m1/s1. The minimum atomic E-state index is -1.97. The van der Waals surface area contributed by atoms with E-state index in [1.165, 1.54) is 4.90 Å². The number of rotatable bonds is 19. The minimum absolute atomic E-state index is 0.0371. The number of unbranched alkanes of at least 4 members (excludes halogenated alkanes) is 2. The number of nitrogens with zero attached hydrogens (tertiary/aromatic N) is 6. The van der Waals surface area contributed by atoms with Crippen LogP contribution in [0.2, 0.25) is 0 Å². The summed E-state index contributed by atoms with van der Waals surface area (Å²) in [6.07, 6.45) is 7.30. The highest BCUT2D eigenvalue weighted by Gasteiger charge is 2.53. The molecule has 1 aliphatic carbocycles. The summed E-state index contributed by atoms with van der Waals surface area (Å²) in [5.74, 6) is 0.312. The Labute approximate surface area is 418 Å². The van der Waals surface area contributed by atoms with Gasteiger partial charge in [-0.1, -0.05) is 32.9 Å². The Morgan fingerprint density at radius 1 is 0.958 bits per heavy atom. The lowest BCUT2D eigenvalue weighted by Crippen LogP contribution is -2.59. The molecule has 71 heavy (non-hydrogen) atoms. The predicted molar refractivity (Wildman–Crippen MR) is 271 cm³/mol. The number of nitrogens with one attached hydrogen (secondary N) is 2. The molecule has 2 aliphatic heterocycles. The van der Waals surface area contributed by atoms with Gasteiger partial charge in [-0.05, 0) is 91.8 Å². The highest BCUT2D eigenvalue weighted by atomic mass is 32.1. The number of pyridine rings is 2. The van der Waals surface area contributed by atoms with Gasteiger partial charge in [0.15, 0.2) is 5.67 Å². The number of carbonyl (C=O) groups is 3. The first kappa shape index (κ1) is 51.4. The van der Waals surface area contributed by atoms with Gasteiger partial charge in [-0.3, -0.25) is 29.1 Å². The topological polar surface area (TPSA) is 181 Å². The molecule has 3 amide bonds. The van der Waals surface area contributed by atoms with E-state index in [9.17, 15) is 28.7 Å². The normalized spacial score (nSPS) is 18.6. The Balaban J connectivity index is 0.835. The van der Waals surface area contributed by atoms with Crippen molar-refractivity contribution in [2.24, 2.45) is 12.5 Å². The van der Waals surface area contributed by atoms with Gasteiger partial charge in [0.1, 0.15) is 29.3 Å². The van der Waals surface area contributed by atoms with E-state index < -0.39 is 47.0 Å². The van der Waals surface area contributed by atoms with E-state index >= 15 is 0 Å². The second-order valence-electron chi connectivity index (χ2n) is 20.2. The zero-order chi connectivity index (χ0) is 50.6. The molecular formula is C53H67FN8O8S. The summed E-state index contributed by atoms with van der Waals surface area (Å²) >= 11 is 1.55. The Bertz CT molecular complexity index is 2770. The average Bonchev–Trinajstić information content (AvgIpc) is 3.77. The van der Waals surface area contributed by atoms with Crippen LogP contribution in [0, 0.1) is 12.3 Å². The number of methoxy groups -OCH3 is 2. The van der Waals surface area contributed by atoms with Crippen molar-refractivity contribution in [3.8, 4) is 38.8 Å². The first-order chi connectivity index (χ1) is 34.0. The van der Waals surface area contributed by atoms with Gasteiger partial charge >= 0.3 is 0 Å². The molecule has 8 rings (SSSR count). The summed E-state index contributed by atoms with van der Waals surface area (Å²) in [5.41, 5.74) is 4.36. The molecule has 2 aromatic carbocycles. The Morgan fingerprint density at radius 3 is 2.32 bits per heavy atom. The lowest BCUT2D eigenvalue weighted by atomic mass is 9.85. The number of β-amino-alcohol motifs (C(OH)–C–C–N with tert-alkyl or cyclic N) is 1. The van der Waals surface area contributed by atoms with Crippen molar-refractivity contribution in [2.45, 2.75) is 103 Å². The number of aryl methyl sites for hydroxylation is 2. The van der Waals surface area contributed by atoms with Crippen LogP contribution in [0.1, 0.15) is 76.1 Å². The van der Waals surface area contributed by atoms with Gasteiger partial charge in [-0.2, -0.15) is 0 Å². The summed E-state index contributed by atoms with van der Waals surface area (Å²) in [6.45, 7) is 13.1. The smallest absolute Gasteiger partial charge is 0.259 e. The van der Waals surface area contributed by atoms with E-state index in [0.717, 1.165) is 107 Å². The average molecular weight is 995 g/mol. The molecule has 3 atom stereocenters. The number of aliphatic hydroxyl groups excluding tert-OH is 1. The zero-order valence-electron chi connectivity index (χ0n) is 41.9. The molecule has 0 unspecified atom stereocenters. The fourth-order valence-corrected chi connectivity index (χ4v) is 10.4. The summed E-state index contributed by atoms with van der Waals surface area (Å²) in [4.78, 5) is 69.3. The van der Waals surface area contributed by atoms with Crippen molar-refractivity contribution in [3.05, 3.63) is 87.7 Å². The summed E-state index contributed by atoms with van der Waals surface area (Å²) in [6, 6.07) is 9.74. The molecule has 3 fully saturated rings. The minimum Gasteiger partial charge on any atom is -0.496 e. The van der Waals surface area contributed by atoms with E-state index in [1.807, 2.05) is 55.0 Å². The van der Waals surface area contributed by atoms with Gasteiger partial charge in [-0.15, -0.1) is 11.3 Å². The number of carbonyl (C=O) groups excluding carboxylic acids is 3. The SMILES string of the molecule is COc1cc(-c2cn(C)c(=O)c3cnccc23)cc(OC)c1CN1CCN(CCCCCOc2cc(-c3scnc3C)ccc2CNC(=O)[C@H]2C[C@@H](O)CN2C(=O)[C@H](NC(=O)C2(F)CC2)C(C)(C)C)CC1. The Kier molecular flexibility index (Phi) is 15.8. The number of aromatic nitrogens is 3. The number of fused-ring (bicyclic) bond motifs is 1. The van der Waals surface area contributed by atoms with Crippen molar-refractivity contribution < 1.29 is 38.1 Å². The quantitative estimate of drug-likeness (QED) is 0.0820. The van der Waals surface area contributed by atoms with Crippen molar-refractivity contribution in [1.82, 2.24) is 39.9 Å². The number of thiazole rings is 1. The highest BCUT2D eigenvalue weighted by Crippen LogP contribution is 2.41. The molecule has 2 saturated heterocycles. The molecule has 3 N–H and O–H groups in total. The molecule has 5 heterocycles. The summed E-state index contributed by atoms with van der Waals surface area (Å²) in [7, 11) is 5.09. The maximum atomic E-state index is 14.7. The lowest BCUT2D eigenvalue weighted by molar-refractivity contribution is -0.145. The Hall–Kier alpha value is -5.95. The van der Waals surface area contributed by atoms with Gasteiger partial charge in [-0.25, -0.2) is 9.37 Å². The molecular weight excluding hydrogens is 928 g/mol. The van der Waals surface area contributed by atoms with E-state index in [1.54, 1.807) is 70.3 Å². The third-order valence-electron chi connectivity index (χ3n) is 14.0. The van der Waals surface area contributed by atoms with Gasteiger partial charge in [0.2, 0.25) is 11.8 Å². The van der Waals surface area contributed by atoms with Crippen molar-refractivity contribution in [3.63, 3.8) is 0 Å². The molecule has 16 nitrogen and oxygen atoms in total. The van der Waals surface area contributed by atoms with E-state index in [-0.39, 0.29) is 37.9 Å². The van der Waals surface area contributed by atoms with Crippen LogP contribution in [0.3, 0.4) is 0 Å². The first-order valence-corrected chi connectivity index (χ1v) is 25.4. The fraction of sp³-hybridized carbons (Fsp3) is 0.509. The van der Waals surface area contributed by atoms with E-state index in [2.05, 4.69) is 30.4 Å². The van der Waals surface area contributed by atoms with E-state index in [4.69, 9.17) is 14.2 Å². The van der Waals surface area contributed by atoms with Crippen molar-refractivity contribution >= 4 is 39.8 Å². The number of alkyl halides is 1. The van der Waals surface area contributed by atoms with Crippen LogP contribution < -0.4 is 30.4 Å². The highest BCUT2D eigenvalue weighted by molar-refractivity contribution is 7.13. The van der Waals surface area contributed by atoms with Crippen LogP contribution in [0.15, 0.2) is 65.3 Å². The first-order valence-electron chi connectivity index (χ1n) is 24.5. The number of likely N-dealkylation sites (tertiary alicyclic amines) is 1. The maximum Gasteiger partial charge on any atom is 0.259 e. The monoisotopic (exact) mass is 994 g/mol. The van der Waals surface area contributed by atoms with Gasteiger partial charge in [0.05, 0.1) is 54.0 Å². The number of amides is 3. The second-order valence-corrected chi connectivity index (χ2v) is 21.1. The zero-order valence-corrected chi connectivity index (χ0v) is 42.7. The van der Waals surface area contributed by atoms with Crippen LogP contribution in [-0.2, 0) is 34.5 Å². The van der Waals surface area contributed by atoms with Crippen LogP contribution >= 0.6 is 11.3 Å². The largest absolute Gasteiger partial charge is 0.496 e. The summed E-state index contributed by atoms with van der Waals surface area (Å²) < 4.78 is 34.6. The number of ether oxygens (including phenoxy) is 3. The molecule has 3 aromatic heterocycles. The second kappa shape index (κ2) is 21.8. The maximum absolute atomic E-state index is 14.7. The molecule has 1 saturated carbocycles. The van der Waals surface area contributed by atoms with Crippen LogP contribution in [-0.4, -0.2) is 136 Å². The molecule has 3 aliphatic rings. The van der Waals surface area contributed by atoms with Crippen molar-refractivity contribution in [2.75, 3.05) is 60.1 Å². The van der Waals surface area contributed by atoms with Crippen molar-refractivity contribution in [1.29, 1.82) is 0 Å². The number of aliphatic hydroxyl groups is 1. The predicted octanol–water partition coefficient (Wildman–Crippen LogP) is 6.03. The molecule has 0 spiro atoms. The number of benzene rings is 2. The molecule has 0 bridgehead atoms. The van der Waals surface area contributed by atoms with Crippen LogP contribution in [0.4, 0.5) is 4.39 Å². The van der Waals surface area contributed by atoms with Crippen LogP contribution in [0.25, 0.3) is 32.3 Å². The molecule has 380 valence electrons. The summed E-state index contributed by atoms with van der Waals surface area (Å²) in [5, 5.41) is 17.6. The number of hydrogen-bond donors (Lipinski definition) is 3. The van der Waals surface area contributed by atoms with Gasteiger partial charge in [0.25, 0.3) is 11.5 Å². The van der Waals surface area contributed by atoms with Crippen LogP contribution in [0.5, 0.6) is 17.2 Å². The molecule has 0 radical (unpaired) electrons. The van der Waals surface area contributed by atoms with Gasteiger partial charge < -0.3 is 44.3 Å². The molecule has 18 heteroatoms.